The van der Waals surface area contributed by atoms with Crippen molar-refractivity contribution in [2.75, 3.05) is 23.3 Å². The maximum absolute atomic E-state index is 12.4. The third-order valence-corrected chi connectivity index (χ3v) is 4.39. The van der Waals surface area contributed by atoms with Crippen molar-refractivity contribution in [3.63, 3.8) is 0 Å². The van der Waals surface area contributed by atoms with Crippen molar-refractivity contribution >= 4 is 40.5 Å². The summed E-state index contributed by atoms with van der Waals surface area (Å²) in [6.45, 7) is 0.914. The number of benzene rings is 2. The number of para-hydroxylation sites is 1. The van der Waals surface area contributed by atoms with Crippen molar-refractivity contribution in [2.24, 2.45) is 0 Å². The second kappa shape index (κ2) is 5.96. The zero-order chi connectivity index (χ0) is 14.8. The summed E-state index contributed by atoms with van der Waals surface area (Å²) in [5.41, 5.74) is 2.89. The molecular weight excluding hydrogens is 307 g/mol. The molecule has 1 aliphatic heterocycles. The van der Waals surface area contributed by atoms with E-state index < -0.39 is 0 Å². The molecule has 0 fully saturated rings. The van der Waals surface area contributed by atoms with Crippen LogP contribution in [0.4, 0.5) is 11.4 Å². The molecule has 108 valence electrons. The quantitative estimate of drug-likeness (QED) is 0.927. The van der Waals surface area contributed by atoms with Crippen LogP contribution in [0.3, 0.4) is 0 Å². The Morgan fingerprint density at radius 3 is 2.81 bits per heavy atom. The molecule has 0 aromatic heterocycles. The van der Waals surface area contributed by atoms with Gasteiger partial charge in [0.1, 0.15) is 0 Å². The summed E-state index contributed by atoms with van der Waals surface area (Å²) in [4.78, 5) is 14.2. The number of hydrogen-bond acceptors (Lipinski definition) is 2. The van der Waals surface area contributed by atoms with Crippen LogP contribution in [0.5, 0.6) is 0 Å². The molecule has 21 heavy (non-hydrogen) atoms. The SMILES string of the molecule is O=C(CNc1cccc(Cl)c1Cl)N1CCc2ccccc21. The monoisotopic (exact) mass is 320 g/mol. The lowest BCUT2D eigenvalue weighted by Gasteiger charge is -2.18. The van der Waals surface area contributed by atoms with Gasteiger partial charge in [-0.05, 0) is 30.2 Å². The second-order valence-electron chi connectivity index (χ2n) is 4.88. The Morgan fingerprint density at radius 1 is 1.14 bits per heavy atom. The van der Waals surface area contributed by atoms with Gasteiger partial charge < -0.3 is 10.2 Å². The van der Waals surface area contributed by atoms with Crippen LogP contribution >= 0.6 is 23.2 Å². The molecule has 0 bridgehead atoms. The highest BCUT2D eigenvalue weighted by Gasteiger charge is 2.23. The van der Waals surface area contributed by atoms with Gasteiger partial charge in [0.2, 0.25) is 5.91 Å². The molecule has 0 saturated carbocycles. The molecule has 0 radical (unpaired) electrons. The Kier molecular flexibility index (Phi) is 4.04. The second-order valence-corrected chi connectivity index (χ2v) is 5.66. The van der Waals surface area contributed by atoms with Gasteiger partial charge in [0.05, 0.1) is 22.3 Å². The first-order valence-electron chi connectivity index (χ1n) is 6.73. The van der Waals surface area contributed by atoms with Gasteiger partial charge in [0.25, 0.3) is 0 Å². The van der Waals surface area contributed by atoms with Crippen LogP contribution in [-0.4, -0.2) is 19.0 Å². The van der Waals surface area contributed by atoms with E-state index in [2.05, 4.69) is 11.4 Å². The minimum absolute atomic E-state index is 0.0241. The molecule has 0 aliphatic carbocycles. The van der Waals surface area contributed by atoms with Crippen molar-refractivity contribution in [2.45, 2.75) is 6.42 Å². The fraction of sp³-hybridized carbons (Fsp3) is 0.188. The van der Waals surface area contributed by atoms with Gasteiger partial charge in [-0.2, -0.15) is 0 Å². The lowest BCUT2D eigenvalue weighted by atomic mass is 10.2. The molecular formula is C16H14Cl2N2O. The van der Waals surface area contributed by atoms with Crippen LogP contribution in [-0.2, 0) is 11.2 Å². The Bertz CT molecular complexity index is 688. The van der Waals surface area contributed by atoms with E-state index in [0.717, 1.165) is 18.7 Å². The molecule has 1 aliphatic rings. The van der Waals surface area contributed by atoms with Gasteiger partial charge >= 0.3 is 0 Å². The first-order valence-corrected chi connectivity index (χ1v) is 7.48. The van der Waals surface area contributed by atoms with Crippen molar-refractivity contribution < 1.29 is 4.79 Å². The topological polar surface area (TPSA) is 32.3 Å². The van der Waals surface area contributed by atoms with Crippen molar-refractivity contribution in [1.29, 1.82) is 0 Å². The largest absolute Gasteiger partial charge is 0.375 e. The Labute approximate surface area is 133 Å². The third kappa shape index (κ3) is 2.85. The molecule has 0 unspecified atom stereocenters. The van der Waals surface area contributed by atoms with E-state index >= 15 is 0 Å². The van der Waals surface area contributed by atoms with Gasteiger partial charge in [-0.3, -0.25) is 4.79 Å². The number of fused-ring (bicyclic) bond motifs is 1. The van der Waals surface area contributed by atoms with E-state index in [0.29, 0.717) is 15.7 Å². The fourth-order valence-electron chi connectivity index (χ4n) is 2.50. The zero-order valence-electron chi connectivity index (χ0n) is 11.3. The maximum Gasteiger partial charge on any atom is 0.246 e. The molecule has 1 N–H and O–H groups in total. The Morgan fingerprint density at radius 2 is 1.95 bits per heavy atom. The standard InChI is InChI=1S/C16H14Cl2N2O/c17-12-5-3-6-13(16(12)18)19-10-15(21)20-9-8-11-4-1-2-7-14(11)20/h1-7,19H,8-10H2. The first kappa shape index (κ1) is 14.2. The number of nitrogens with zero attached hydrogens (tertiary/aromatic N) is 1. The first-order chi connectivity index (χ1) is 10.2. The molecule has 0 atom stereocenters. The summed E-state index contributed by atoms with van der Waals surface area (Å²) >= 11 is 12.1. The number of carbonyl (C=O) groups is 1. The average molecular weight is 321 g/mol. The Hall–Kier alpha value is -1.71. The molecule has 1 amide bonds. The van der Waals surface area contributed by atoms with Crippen LogP contribution in [0.2, 0.25) is 10.0 Å². The van der Waals surface area contributed by atoms with Crippen LogP contribution in [0.25, 0.3) is 0 Å². The molecule has 0 spiro atoms. The predicted octanol–water partition coefficient (Wildman–Crippen LogP) is 3.99. The summed E-state index contributed by atoms with van der Waals surface area (Å²) in [5, 5.41) is 3.97. The summed E-state index contributed by atoms with van der Waals surface area (Å²) in [6.07, 6.45) is 0.903. The van der Waals surface area contributed by atoms with E-state index in [1.165, 1.54) is 5.56 Å². The van der Waals surface area contributed by atoms with Gasteiger partial charge in [0, 0.05) is 12.2 Å². The number of halogens is 2. The van der Waals surface area contributed by atoms with E-state index in [1.807, 2.05) is 18.2 Å². The molecule has 5 heteroatoms. The highest BCUT2D eigenvalue weighted by atomic mass is 35.5. The lowest BCUT2D eigenvalue weighted by molar-refractivity contribution is -0.116. The number of nitrogens with one attached hydrogen (secondary N) is 1. The van der Waals surface area contributed by atoms with Crippen molar-refractivity contribution in [3.8, 4) is 0 Å². The molecule has 2 aromatic rings. The lowest BCUT2D eigenvalue weighted by Crippen LogP contribution is -2.34. The average Bonchev–Trinajstić information content (AvgIpc) is 2.92. The maximum atomic E-state index is 12.4. The van der Waals surface area contributed by atoms with Crippen molar-refractivity contribution in [1.82, 2.24) is 0 Å². The van der Waals surface area contributed by atoms with E-state index in [9.17, 15) is 4.79 Å². The minimum Gasteiger partial charge on any atom is -0.375 e. The van der Waals surface area contributed by atoms with Gasteiger partial charge in [-0.15, -0.1) is 0 Å². The zero-order valence-corrected chi connectivity index (χ0v) is 12.8. The molecule has 3 nitrogen and oxygen atoms in total. The predicted molar refractivity (Wildman–Crippen MR) is 87.5 cm³/mol. The number of carbonyl (C=O) groups excluding carboxylic acids is 1. The van der Waals surface area contributed by atoms with Crippen molar-refractivity contribution in [3.05, 3.63) is 58.1 Å². The smallest absolute Gasteiger partial charge is 0.246 e. The number of rotatable bonds is 3. The van der Waals surface area contributed by atoms with Crippen LogP contribution in [0.1, 0.15) is 5.56 Å². The van der Waals surface area contributed by atoms with Gasteiger partial charge in [-0.25, -0.2) is 0 Å². The summed E-state index contributed by atoms with van der Waals surface area (Å²) < 4.78 is 0. The van der Waals surface area contributed by atoms with Crippen LogP contribution in [0.15, 0.2) is 42.5 Å². The molecule has 1 heterocycles. The van der Waals surface area contributed by atoms with Gasteiger partial charge in [0.15, 0.2) is 0 Å². The van der Waals surface area contributed by atoms with E-state index in [1.54, 1.807) is 23.1 Å². The third-order valence-electron chi connectivity index (χ3n) is 3.57. The normalized spacial score (nSPS) is 13.1. The Balaban J connectivity index is 1.69. The van der Waals surface area contributed by atoms with E-state index in [-0.39, 0.29) is 12.5 Å². The summed E-state index contributed by atoms with van der Waals surface area (Å²) in [5.74, 6) is 0.0241. The minimum atomic E-state index is 0.0241. The summed E-state index contributed by atoms with van der Waals surface area (Å²) in [7, 11) is 0. The highest BCUT2D eigenvalue weighted by Crippen LogP contribution is 2.30. The van der Waals surface area contributed by atoms with Crippen LogP contribution < -0.4 is 10.2 Å². The highest BCUT2D eigenvalue weighted by molar-refractivity contribution is 6.43. The molecule has 3 rings (SSSR count). The van der Waals surface area contributed by atoms with Gasteiger partial charge in [-0.1, -0.05) is 47.5 Å². The number of hydrogen-bond donors (Lipinski definition) is 1. The number of amides is 1. The van der Waals surface area contributed by atoms with E-state index in [4.69, 9.17) is 23.2 Å². The number of anilines is 2. The van der Waals surface area contributed by atoms with Crippen LogP contribution in [0, 0.1) is 0 Å². The molecule has 2 aromatic carbocycles. The molecule has 0 saturated heterocycles. The fourth-order valence-corrected chi connectivity index (χ4v) is 2.87. The summed E-state index contributed by atoms with van der Waals surface area (Å²) in [6, 6.07) is 13.3.